The van der Waals surface area contributed by atoms with Gasteiger partial charge in [0.15, 0.2) is 12.6 Å². The highest BCUT2D eigenvalue weighted by atomic mass is 16.7. The van der Waals surface area contributed by atoms with Gasteiger partial charge in [-0.3, -0.25) is 4.79 Å². The molecule has 12 atom stereocenters. The topological polar surface area (TPSA) is 228 Å². The maximum atomic E-state index is 13.4. The van der Waals surface area contributed by atoms with Gasteiger partial charge in [-0.05, 0) is 70.6 Å². The first kappa shape index (κ1) is 90.3. The molecule has 2 aliphatic rings. The van der Waals surface area contributed by atoms with Crippen LogP contribution in [0.5, 0.6) is 0 Å². The van der Waals surface area contributed by atoms with E-state index >= 15 is 0 Å². The Morgan fingerprint density at radius 2 is 0.711 bits per heavy atom. The van der Waals surface area contributed by atoms with Crippen LogP contribution in [0.15, 0.2) is 85.1 Å². The van der Waals surface area contributed by atoms with E-state index in [0.717, 1.165) is 96.3 Å². The van der Waals surface area contributed by atoms with Crippen LogP contribution in [-0.4, -0.2) is 140 Å². The lowest BCUT2D eigenvalue weighted by Crippen LogP contribution is -2.65. The third-order valence-electron chi connectivity index (χ3n) is 19.4. The Labute approximate surface area is 592 Å². The first-order valence-corrected chi connectivity index (χ1v) is 40.3. The highest BCUT2D eigenvalue weighted by Crippen LogP contribution is 2.30. The van der Waals surface area contributed by atoms with Crippen LogP contribution in [0.3, 0.4) is 0 Å². The average molecular weight is 1370 g/mol. The minimum Gasteiger partial charge on any atom is -0.394 e. The predicted molar refractivity (Wildman–Crippen MR) is 401 cm³/mol. The first-order chi connectivity index (χ1) is 47.6. The van der Waals surface area contributed by atoms with Crippen LogP contribution in [0.25, 0.3) is 0 Å². The van der Waals surface area contributed by atoms with Gasteiger partial charge < -0.3 is 65.1 Å². The summed E-state index contributed by atoms with van der Waals surface area (Å²) in [7, 11) is 0. The van der Waals surface area contributed by atoms with Crippen molar-refractivity contribution in [1.82, 2.24) is 5.32 Å². The molecule has 9 N–H and O–H groups in total. The highest BCUT2D eigenvalue weighted by molar-refractivity contribution is 5.76. The fourth-order valence-corrected chi connectivity index (χ4v) is 13.0. The van der Waals surface area contributed by atoms with Gasteiger partial charge in [-0.1, -0.05) is 349 Å². The fourth-order valence-electron chi connectivity index (χ4n) is 13.0. The third-order valence-corrected chi connectivity index (χ3v) is 19.4. The quantitative estimate of drug-likeness (QED) is 0.0204. The summed E-state index contributed by atoms with van der Waals surface area (Å²) in [6.07, 6.45) is 76.2. The van der Waals surface area contributed by atoms with E-state index in [2.05, 4.69) is 104 Å². The van der Waals surface area contributed by atoms with Crippen molar-refractivity contribution in [3.63, 3.8) is 0 Å². The molecule has 14 nitrogen and oxygen atoms in total. The van der Waals surface area contributed by atoms with Crippen LogP contribution >= 0.6 is 0 Å². The molecule has 2 heterocycles. The largest absolute Gasteiger partial charge is 0.394 e. The van der Waals surface area contributed by atoms with Crippen molar-refractivity contribution in [2.75, 3.05) is 19.8 Å². The Kier molecular flexibility index (Phi) is 61.8. The number of hydrogen-bond donors (Lipinski definition) is 9. The molecule has 12 unspecified atom stereocenters. The Hall–Kier alpha value is -2.83. The monoisotopic (exact) mass is 1370 g/mol. The number of nitrogens with one attached hydrogen (secondary N) is 1. The normalized spacial score (nSPS) is 22.6. The number of carbonyl (C=O) groups is 1. The van der Waals surface area contributed by atoms with Gasteiger partial charge in [-0.15, -0.1) is 0 Å². The highest BCUT2D eigenvalue weighted by Gasteiger charge is 2.51. The molecule has 14 heteroatoms. The van der Waals surface area contributed by atoms with Crippen LogP contribution in [0.4, 0.5) is 0 Å². The van der Waals surface area contributed by atoms with Gasteiger partial charge in [0.25, 0.3) is 0 Å². The standard InChI is InChI=1S/C83H149NO13/c1-3-5-7-9-11-13-15-17-19-21-23-25-27-28-29-30-31-32-33-34-35-36-37-38-39-40-41-42-43-44-45-47-49-51-53-55-57-59-61-63-65-67-75(88)84-71(70-94-82-80(93)78(91)81(74(69-86)96-82)97-83-79(92)77(90)76(89)73(68-85)95-83)72(87)66-64-62-60-58-56-54-52-50-48-46-26-24-22-20-18-16-14-12-10-8-6-4-2/h5,7,11,13,17,19,23,25,28-29,31-32,34-35,71-74,76-83,85-87,89-93H,3-4,6,8-10,12,14-16,18,20-22,24,26-27,30,33,36-70H2,1-2H3,(H,84,88)/b7-5-,13-11-,19-17-,25-23-,29-28-,32-31-,35-34-. The zero-order valence-electron chi connectivity index (χ0n) is 61.8. The van der Waals surface area contributed by atoms with Gasteiger partial charge in [0.1, 0.15) is 48.8 Å². The van der Waals surface area contributed by atoms with Gasteiger partial charge in [0.2, 0.25) is 5.91 Å². The number of carbonyl (C=O) groups excluding carboxylic acids is 1. The molecular weight excluding hydrogens is 1220 g/mol. The smallest absolute Gasteiger partial charge is 0.220 e. The van der Waals surface area contributed by atoms with Gasteiger partial charge in [0, 0.05) is 6.42 Å². The summed E-state index contributed by atoms with van der Waals surface area (Å²) in [6.45, 7) is 2.79. The summed E-state index contributed by atoms with van der Waals surface area (Å²) in [6, 6.07) is -0.832. The number of amides is 1. The Bertz CT molecular complexity index is 1950. The van der Waals surface area contributed by atoms with Crippen LogP contribution in [0.1, 0.15) is 341 Å². The summed E-state index contributed by atoms with van der Waals surface area (Å²) < 4.78 is 23.0. The number of hydrogen-bond acceptors (Lipinski definition) is 13. The molecule has 2 saturated heterocycles. The van der Waals surface area contributed by atoms with Crippen LogP contribution in [-0.2, 0) is 23.7 Å². The average Bonchev–Trinajstić information content (AvgIpc) is 0.794. The number of rotatable bonds is 67. The Morgan fingerprint density at radius 3 is 1.09 bits per heavy atom. The number of unbranched alkanes of at least 4 members (excludes halogenated alkanes) is 40. The first-order valence-electron chi connectivity index (χ1n) is 40.3. The Balaban J connectivity index is 1.57. The Morgan fingerprint density at radius 1 is 0.381 bits per heavy atom. The number of allylic oxidation sites excluding steroid dienone is 14. The van der Waals surface area contributed by atoms with Crippen molar-refractivity contribution in [3.8, 4) is 0 Å². The van der Waals surface area contributed by atoms with Crippen LogP contribution in [0.2, 0.25) is 0 Å². The van der Waals surface area contributed by atoms with Crippen molar-refractivity contribution in [1.29, 1.82) is 0 Å². The molecule has 0 radical (unpaired) electrons. The number of aliphatic hydroxyl groups excluding tert-OH is 8. The molecule has 0 spiro atoms. The second-order valence-corrected chi connectivity index (χ2v) is 28.2. The summed E-state index contributed by atoms with van der Waals surface area (Å²) in [5, 5.41) is 87.8. The van der Waals surface area contributed by atoms with E-state index in [4.69, 9.17) is 18.9 Å². The lowest BCUT2D eigenvalue weighted by molar-refractivity contribution is -0.359. The molecule has 0 bridgehead atoms. The molecule has 0 aromatic carbocycles. The van der Waals surface area contributed by atoms with Gasteiger partial charge in [-0.25, -0.2) is 0 Å². The maximum absolute atomic E-state index is 13.4. The second-order valence-electron chi connectivity index (χ2n) is 28.2. The summed E-state index contributed by atoms with van der Waals surface area (Å²) in [5.41, 5.74) is 0. The van der Waals surface area contributed by atoms with Gasteiger partial charge in [-0.2, -0.15) is 0 Å². The molecule has 564 valence electrons. The second kappa shape index (κ2) is 66.4. The van der Waals surface area contributed by atoms with E-state index in [-0.39, 0.29) is 12.5 Å². The molecule has 2 aliphatic heterocycles. The lowest BCUT2D eigenvalue weighted by atomic mass is 9.97. The fraction of sp³-hybridized carbons (Fsp3) is 0.819. The van der Waals surface area contributed by atoms with E-state index in [1.54, 1.807) is 0 Å². The van der Waals surface area contributed by atoms with Crippen molar-refractivity contribution in [2.24, 2.45) is 0 Å². The number of ether oxygens (including phenoxy) is 4. The van der Waals surface area contributed by atoms with E-state index < -0.39 is 86.8 Å². The van der Waals surface area contributed by atoms with Crippen molar-refractivity contribution >= 4 is 5.91 Å². The van der Waals surface area contributed by atoms with Gasteiger partial charge in [0.05, 0.1) is 32.0 Å². The third kappa shape index (κ3) is 49.4. The molecule has 1 amide bonds. The minimum atomic E-state index is -1.78. The van der Waals surface area contributed by atoms with Crippen molar-refractivity contribution in [3.05, 3.63) is 85.1 Å². The van der Waals surface area contributed by atoms with E-state index in [0.29, 0.717) is 12.8 Å². The summed E-state index contributed by atoms with van der Waals surface area (Å²) in [5.74, 6) is -0.202. The van der Waals surface area contributed by atoms with E-state index in [9.17, 15) is 45.6 Å². The van der Waals surface area contributed by atoms with Crippen LogP contribution in [0, 0.1) is 0 Å². The van der Waals surface area contributed by atoms with Gasteiger partial charge >= 0.3 is 0 Å². The maximum Gasteiger partial charge on any atom is 0.220 e. The van der Waals surface area contributed by atoms with Crippen molar-refractivity contribution in [2.45, 2.75) is 415 Å². The molecule has 0 aliphatic carbocycles. The molecular formula is C83H149NO13. The zero-order valence-corrected chi connectivity index (χ0v) is 61.8. The molecule has 97 heavy (non-hydrogen) atoms. The van der Waals surface area contributed by atoms with Crippen LogP contribution < -0.4 is 5.32 Å². The molecule has 0 saturated carbocycles. The molecule has 2 fully saturated rings. The molecule has 0 aromatic heterocycles. The van der Waals surface area contributed by atoms with E-state index in [1.165, 1.54) is 218 Å². The minimum absolute atomic E-state index is 0.202. The van der Waals surface area contributed by atoms with Crippen molar-refractivity contribution < 1.29 is 64.6 Å². The molecule has 2 rings (SSSR count). The predicted octanol–water partition coefficient (Wildman–Crippen LogP) is 18.3. The molecule has 0 aromatic rings. The summed E-state index contributed by atoms with van der Waals surface area (Å²) in [4.78, 5) is 13.4. The lowest BCUT2D eigenvalue weighted by Gasteiger charge is -2.46. The summed E-state index contributed by atoms with van der Waals surface area (Å²) >= 11 is 0. The number of aliphatic hydroxyl groups is 8. The zero-order chi connectivity index (χ0) is 70.1. The van der Waals surface area contributed by atoms with E-state index in [1.807, 2.05) is 0 Å². The SMILES string of the molecule is CC/C=C\C/C=C\C/C=C\C/C=C\C/C=C\C/C=C\C/C=C\CCCCCCCCCCCCCCCCCCCCCC(=O)NC(COC1OC(CO)C(OC2OC(CO)C(O)C(O)C2O)C(O)C1O)C(O)CCCCCCCCCCCCCCCCCCCCCCCC.